The standard InChI is InChI=1S/C10H11N9S/c11-5-3-6(12)16-10(15-5)20-9-8-14-1-2-19(8)4-7(17-9)18-13/h1-4,18H,13H2,(H4,11,12,15,16). The molecule has 9 nitrogen and oxygen atoms in total. The first kappa shape index (κ1) is 12.4. The summed E-state index contributed by atoms with van der Waals surface area (Å²) >= 11 is 1.21. The molecule has 20 heavy (non-hydrogen) atoms. The molecule has 3 aromatic heterocycles. The van der Waals surface area contributed by atoms with E-state index in [-0.39, 0.29) is 0 Å². The molecule has 0 bridgehead atoms. The van der Waals surface area contributed by atoms with E-state index in [1.807, 2.05) is 0 Å². The summed E-state index contributed by atoms with van der Waals surface area (Å²) in [6.45, 7) is 0. The molecular weight excluding hydrogens is 278 g/mol. The third-order valence-corrected chi connectivity index (χ3v) is 3.26. The predicted molar refractivity (Wildman–Crippen MR) is 75.8 cm³/mol. The van der Waals surface area contributed by atoms with E-state index in [0.29, 0.717) is 33.3 Å². The van der Waals surface area contributed by atoms with Crippen LogP contribution in [-0.2, 0) is 0 Å². The maximum absolute atomic E-state index is 5.64. The molecule has 0 unspecified atom stereocenters. The van der Waals surface area contributed by atoms with Crippen molar-refractivity contribution in [2.75, 3.05) is 16.9 Å². The van der Waals surface area contributed by atoms with Gasteiger partial charge in [-0.15, -0.1) is 0 Å². The van der Waals surface area contributed by atoms with E-state index in [0.717, 1.165) is 0 Å². The molecule has 0 aliphatic rings. The Kier molecular flexibility index (Phi) is 3.00. The summed E-state index contributed by atoms with van der Waals surface area (Å²) in [7, 11) is 0. The third kappa shape index (κ3) is 2.29. The molecule has 10 heteroatoms. The monoisotopic (exact) mass is 289 g/mol. The van der Waals surface area contributed by atoms with Crippen LogP contribution in [0.5, 0.6) is 0 Å². The van der Waals surface area contributed by atoms with Crippen LogP contribution < -0.4 is 22.7 Å². The fourth-order valence-electron chi connectivity index (χ4n) is 1.63. The van der Waals surface area contributed by atoms with Gasteiger partial charge in [0.15, 0.2) is 16.6 Å². The van der Waals surface area contributed by atoms with Crippen LogP contribution in [0.1, 0.15) is 0 Å². The SMILES string of the molecule is NNc1cn2ccnc2c(Sc2nc(N)cc(N)n2)n1. The number of nitrogens with one attached hydrogen (secondary N) is 1. The number of hydrogen-bond acceptors (Lipinski definition) is 9. The van der Waals surface area contributed by atoms with Gasteiger partial charge in [0.2, 0.25) is 0 Å². The third-order valence-electron chi connectivity index (χ3n) is 2.42. The Labute approximate surface area is 117 Å². The molecule has 0 atom stereocenters. The lowest BCUT2D eigenvalue weighted by Crippen LogP contribution is -2.10. The molecule has 0 spiro atoms. The summed E-state index contributed by atoms with van der Waals surface area (Å²) in [6.07, 6.45) is 5.17. The van der Waals surface area contributed by atoms with E-state index in [1.54, 1.807) is 23.0 Å². The predicted octanol–water partition coefficient (Wildman–Crippen LogP) is 0.120. The molecule has 3 aromatic rings. The molecule has 0 saturated carbocycles. The fourth-order valence-corrected chi connectivity index (χ4v) is 2.50. The summed E-state index contributed by atoms with van der Waals surface area (Å²) in [4.78, 5) is 16.8. The first-order chi connectivity index (χ1) is 9.65. The highest BCUT2D eigenvalue weighted by Crippen LogP contribution is 2.28. The zero-order chi connectivity index (χ0) is 14.1. The Morgan fingerprint density at radius 2 is 1.90 bits per heavy atom. The average molecular weight is 289 g/mol. The first-order valence-electron chi connectivity index (χ1n) is 5.54. The second-order valence-corrected chi connectivity index (χ2v) is 4.79. The minimum atomic E-state index is 0.299. The molecule has 7 N–H and O–H groups in total. The van der Waals surface area contributed by atoms with Gasteiger partial charge in [0.25, 0.3) is 0 Å². The number of nitrogens with zero attached hydrogens (tertiary/aromatic N) is 5. The van der Waals surface area contributed by atoms with Crippen molar-refractivity contribution in [3.63, 3.8) is 0 Å². The van der Waals surface area contributed by atoms with Crippen molar-refractivity contribution in [1.29, 1.82) is 0 Å². The smallest absolute Gasteiger partial charge is 0.197 e. The lowest BCUT2D eigenvalue weighted by atomic mass is 10.5. The number of nitrogen functional groups attached to an aromatic ring is 3. The van der Waals surface area contributed by atoms with E-state index in [2.05, 4.69) is 25.4 Å². The van der Waals surface area contributed by atoms with Gasteiger partial charge in [0.1, 0.15) is 16.7 Å². The van der Waals surface area contributed by atoms with Gasteiger partial charge in [-0.1, -0.05) is 0 Å². The van der Waals surface area contributed by atoms with Crippen LogP contribution in [0.4, 0.5) is 17.5 Å². The summed E-state index contributed by atoms with van der Waals surface area (Å²) in [5, 5.41) is 0.990. The van der Waals surface area contributed by atoms with Crippen molar-refractivity contribution < 1.29 is 0 Å². The van der Waals surface area contributed by atoms with Crippen molar-refractivity contribution in [2.45, 2.75) is 10.2 Å². The van der Waals surface area contributed by atoms with Crippen molar-refractivity contribution in [1.82, 2.24) is 24.3 Å². The van der Waals surface area contributed by atoms with Gasteiger partial charge in [-0.25, -0.2) is 25.8 Å². The lowest BCUT2D eigenvalue weighted by molar-refractivity contribution is 0.968. The Balaban J connectivity index is 2.07. The van der Waals surface area contributed by atoms with Gasteiger partial charge in [0, 0.05) is 18.5 Å². The maximum atomic E-state index is 5.64. The molecule has 0 amide bonds. The molecule has 0 aliphatic heterocycles. The number of hydrogen-bond donors (Lipinski definition) is 4. The zero-order valence-corrected chi connectivity index (χ0v) is 11.0. The van der Waals surface area contributed by atoms with E-state index in [1.165, 1.54) is 17.8 Å². The molecular formula is C10H11N9S. The van der Waals surface area contributed by atoms with Crippen LogP contribution in [0.25, 0.3) is 5.65 Å². The maximum Gasteiger partial charge on any atom is 0.197 e. The fraction of sp³-hybridized carbons (Fsp3) is 0. The van der Waals surface area contributed by atoms with Crippen molar-refractivity contribution >= 4 is 34.9 Å². The molecule has 0 aliphatic carbocycles. The number of hydrazine groups is 1. The van der Waals surface area contributed by atoms with Crippen LogP contribution in [0.15, 0.2) is 34.8 Å². The number of imidazole rings is 1. The minimum absolute atomic E-state index is 0.299. The largest absolute Gasteiger partial charge is 0.383 e. The molecule has 0 fully saturated rings. The minimum Gasteiger partial charge on any atom is -0.383 e. The van der Waals surface area contributed by atoms with E-state index < -0.39 is 0 Å². The summed E-state index contributed by atoms with van der Waals surface area (Å²) in [6, 6.07) is 1.49. The van der Waals surface area contributed by atoms with Gasteiger partial charge in [-0.05, 0) is 11.8 Å². The Hall–Kier alpha value is -2.59. The topological polar surface area (TPSA) is 146 Å². The van der Waals surface area contributed by atoms with E-state index in [9.17, 15) is 0 Å². The Morgan fingerprint density at radius 3 is 2.60 bits per heavy atom. The quantitative estimate of drug-likeness (QED) is 0.300. The first-order valence-corrected chi connectivity index (χ1v) is 6.35. The van der Waals surface area contributed by atoms with Crippen LogP contribution >= 0.6 is 11.8 Å². The van der Waals surface area contributed by atoms with Crippen LogP contribution in [0, 0.1) is 0 Å². The van der Waals surface area contributed by atoms with Gasteiger partial charge in [-0.2, -0.15) is 0 Å². The van der Waals surface area contributed by atoms with Gasteiger partial charge in [-0.3, -0.25) is 0 Å². The number of fused-ring (bicyclic) bond motifs is 1. The Bertz CT molecular complexity index is 748. The van der Waals surface area contributed by atoms with Gasteiger partial charge < -0.3 is 21.3 Å². The van der Waals surface area contributed by atoms with E-state index in [4.69, 9.17) is 17.3 Å². The molecule has 0 saturated heterocycles. The van der Waals surface area contributed by atoms with Crippen LogP contribution in [0.3, 0.4) is 0 Å². The van der Waals surface area contributed by atoms with Crippen LogP contribution in [0.2, 0.25) is 0 Å². The molecule has 3 heterocycles. The van der Waals surface area contributed by atoms with Crippen molar-refractivity contribution in [2.24, 2.45) is 5.84 Å². The molecule has 3 rings (SSSR count). The highest BCUT2D eigenvalue weighted by atomic mass is 32.2. The molecule has 0 aromatic carbocycles. The molecule has 102 valence electrons. The number of anilines is 3. The van der Waals surface area contributed by atoms with Crippen molar-refractivity contribution in [3.05, 3.63) is 24.7 Å². The number of rotatable bonds is 3. The van der Waals surface area contributed by atoms with Gasteiger partial charge in [0.05, 0.1) is 6.20 Å². The normalized spacial score (nSPS) is 10.8. The van der Waals surface area contributed by atoms with Gasteiger partial charge >= 0.3 is 0 Å². The second kappa shape index (κ2) is 4.83. The second-order valence-electron chi connectivity index (χ2n) is 3.84. The lowest BCUT2D eigenvalue weighted by Gasteiger charge is -2.06. The highest BCUT2D eigenvalue weighted by Gasteiger charge is 2.11. The number of aromatic nitrogens is 5. The highest BCUT2D eigenvalue weighted by molar-refractivity contribution is 7.99. The van der Waals surface area contributed by atoms with Crippen LogP contribution in [-0.4, -0.2) is 24.3 Å². The summed E-state index contributed by atoms with van der Waals surface area (Å²) in [5.74, 6) is 6.49. The average Bonchev–Trinajstić information content (AvgIpc) is 2.85. The van der Waals surface area contributed by atoms with E-state index >= 15 is 0 Å². The summed E-state index contributed by atoms with van der Waals surface area (Å²) < 4.78 is 1.79. The molecule has 0 radical (unpaired) electrons. The Morgan fingerprint density at radius 1 is 1.15 bits per heavy atom. The van der Waals surface area contributed by atoms with Crippen molar-refractivity contribution in [3.8, 4) is 0 Å². The number of nitrogens with two attached hydrogens (primary N) is 3. The summed E-state index contributed by atoms with van der Waals surface area (Å²) in [5.41, 5.74) is 14.4. The zero-order valence-electron chi connectivity index (χ0n) is 10.2.